The average molecular weight is 491 g/mol. The van der Waals surface area contributed by atoms with Gasteiger partial charge in [0.25, 0.3) is 11.7 Å². The summed E-state index contributed by atoms with van der Waals surface area (Å²) in [6, 6.07) is 9.47. The Kier molecular flexibility index (Phi) is 6.10. The number of nitrogens with one attached hydrogen (secondary N) is 1. The normalized spacial score (nSPS) is 14.4. The third-order valence-corrected chi connectivity index (χ3v) is 5.98. The average Bonchev–Trinajstić information content (AvgIpc) is 3.57. The first-order valence-corrected chi connectivity index (χ1v) is 11.2. The van der Waals surface area contributed by atoms with Crippen molar-refractivity contribution in [1.29, 1.82) is 0 Å². The Morgan fingerprint density at radius 2 is 1.89 bits per heavy atom. The van der Waals surface area contributed by atoms with Crippen LogP contribution in [0, 0.1) is 5.82 Å². The van der Waals surface area contributed by atoms with E-state index in [0.717, 1.165) is 11.9 Å². The Hall–Kier alpha value is -4.68. The molecule has 13 heteroatoms. The van der Waals surface area contributed by atoms with E-state index in [0.29, 0.717) is 30.4 Å². The molecule has 0 radical (unpaired) electrons. The van der Waals surface area contributed by atoms with Gasteiger partial charge >= 0.3 is 0 Å². The lowest BCUT2D eigenvalue weighted by Gasteiger charge is -2.34. The van der Waals surface area contributed by atoms with Crippen LogP contribution in [0.15, 0.2) is 47.9 Å². The van der Waals surface area contributed by atoms with Gasteiger partial charge in [0.05, 0.1) is 28.4 Å². The topological polar surface area (TPSA) is 134 Å². The van der Waals surface area contributed by atoms with E-state index in [4.69, 9.17) is 4.84 Å². The molecule has 0 aliphatic carbocycles. The summed E-state index contributed by atoms with van der Waals surface area (Å²) in [5.74, 6) is -1.68. The number of piperazine rings is 1. The molecule has 5 rings (SSSR count). The number of hydrogen-bond acceptors (Lipinski definition) is 9. The maximum atomic E-state index is 14.7. The molecule has 0 unspecified atom stereocenters. The number of carbonyl (C=O) groups is 2. The van der Waals surface area contributed by atoms with Gasteiger partial charge in [-0.25, -0.2) is 9.37 Å². The highest BCUT2D eigenvalue weighted by atomic mass is 19.1. The molecule has 1 aliphatic rings. The van der Waals surface area contributed by atoms with Crippen LogP contribution in [0.25, 0.3) is 16.6 Å². The van der Waals surface area contributed by atoms with Gasteiger partial charge in [0, 0.05) is 32.4 Å². The Morgan fingerprint density at radius 1 is 1.14 bits per heavy atom. The zero-order valence-corrected chi connectivity index (χ0v) is 19.6. The van der Waals surface area contributed by atoms with E-state index >= 15 is 0 Å². The molecule has 3 aromatic heterocycles. The molecule has 1 saturated heterocycles. The molecule has 0 saturated carbocycles. The van der Waals surface area contributed by atoms with Crippen LogP contribution in [-0.2, 0) is 9.63 Å². The second-order valence-electron chi connectivity index (χ2n) is 8.10. The number of aromatic amines is 1. The molecule has 0 spiro atoms. The van der Waals surface area contributed by atoms with Gasteiger partial charge in [-0.3, -0.25) is 9.59 Å². The number of amides is 1. The van der Waals surface area contributed by atoms with Gasteiger partial charge in [0.15, 0.2) is 5.82 Å². The minimum Gasteiger partial charge on any atom is -0.399 e. The van der Waals surface area contributed by atoms with E-state index in [2.05, 4.69) is 30.6 Å². The predicted octanol–water partition coefficient (Wildman–Crippen LogP) is 1.58. The molecule has 0 atom stereocenters. The van der Waals surface area contributed by atoms with Crippen LogP contribution in [0.1, 0.15) is 23.0 Å². The Labute approximate surface area is 204 Å². The standard InChI is InChI=1S/C23H22FN9O3/c1-14(28-36-2)19-20-18(17(24)13-26-19)16(12-25-20)21(34)22(35)31-8-10-32(11-9-31)23-27-29-30-33(23)15-6-4-3-5-7-15/h3-7,12-13,25H,8-11H2,1-2H3. The number of para-hydroxylation sites is 1. The molecular formula is C23H22FN9O3. The number of carbonyl (C=O) groups excluding carboxylic acids is 2. The molecule has 1 aromatic carbocycles. The Balaban J connectivity index is 1.33. The number of nitrogens with zero attached hydrogens (tertiary/aromatic N) is 8. The van der Waals surface area contributed by atoms with Gasteiger partial charge in [0.2, 0.25) is 5.95 Å². The number of H-pyrrole nitrogens is 1. The van der Waals surface area contributed by atoms with Crippen molar-refractivity contribution < 1.29 is 18.8 Å². The second-order valence-corrected chi connectivity index (χ2v) is 8.10. The fourth-order valence-electron chi connectivity index (χ4n) is 4.23. The van der Waals surface area contributed by atoms with E-state index in [1.54, 1.807) is 11.6 Å². The fraction of sp³-hybridized carbons (Fsp3) is 0.261. The smallest absolute Gasteiger partial charge is 0.295 e. The molecular weight excluding hydrogens is 469 g/mol. The second kappa shape index (κ2) is 9.52. The van der Waals surface area contributed by atoms with E-state index in [-0.39, 0.29) is 29.6 Å². The van der Waals surface area contributed by atoms with Crippen molar-refractivity contribution in [2.45, 2.75) is 6.92 Å². The van der Waals surface area contributed by atoms with Crippen molar-refractivity contribution in [1.82, 2.24) is 35.1 Å². The molecule has 4 aromatic rings. The summed E-state index contributed by atoms with van der Waals surface area (Å²) < 4.78 is 16.3. The largest absolute Gasteiger partial charge is 0.399 e. The van der Waals surface area contributed by atoms with Crippen molar-refractivity contribution in [3.8, 4) is 5.69 Å². The monoisotopic (exact) mass is 491 g/mol. The van der Waals surface area contributed by atoms with Crippen LogP contribution in [0.4, 0.5) is 10.3 Å². The number of benzene rings is 1. The zero-order chi connectivity index (χ0) is 25.2. The summed E-state index contributed by atoms with van der Waals surface area (Å²) >= 11 is 0. The van der Waals surface area contributed by atoms with Crippen LogP contribution in [0.3, 0.4) is 0 Å². The number of pyridine rings is 1. The molecule has 1 fully saturated rings. The Bertz CT molecular complexity index is 1460. The van der Waals surface area contributed by atoms with E-state index in [1.807, 2.05) is 35.2 Å². The molecule has 4 heterocycles. The van der Waals surface area contributed by atoms with Crippen LogP contribution < -0.4 is 4.90 Å². The highest BCUT2D eigenvalue weighted by Crippen LogP contribution is 2.25. The lowest BCUT2D eigenvalue weighted by Crippen LogP contribution is -2.51. The quantitative estimate of drug-likeness (QED) is 0.186. The van der Waals surface area contributed by atoms with Gasteiger partial charge in [-0.05, 0) is 29.5 Å². The molecule has 36 heavy (non-hydrogen) atoms. The fourth-order valence-corrected chi connectivity index (χ4v) is 4.23. The number of fused-ring (bicyclic) bond motifs is 1. The highest BCUT2D eigenvalue weighted by Gasteiger charge is 2.31. The first-order valence-electron chi connectivity index (χ1n) is 11.2. The molecule has 1 amide bonds. The van der Waals surface area contributed by atoms with E-state index in [1.165, 1.54) is 18.2 Å². The number of tetrazole rings is 1. The minimum atomic E-state index is -0.804. The van der Waals surface area contributed by atoms with Crippen LogP contribution in [0.5, 0.6) is 0 Å². The molecule has 12 nitrogen and oxygen atoms in total. The molecule has 1 aliphatic heterocycles. The number of hydrogen-bond donors (Lipinski definition) is 1. The summed E-state index contributed by atoms with van der Waals surface area (Å²) in [4.78, 5) is 41.3. The van der Waals surface area contributed by atoms with Gasteiger partial charge in [-0.1, -0.05) is 28.5 Å². The molecule has 184 valence electrons. The van der Waals surface area contributed by atoms with Gasteiger partial charge in [0.1, 0.15) is 18.5 Å². The summed E-state index contributed by atoms with van der Waals surface area (Å²) in [6.07, 6.45) is 2.32. The van der Waals surface area contributed by atoms with E-state index < -0.39 is 17.5 Å². The highest BCUT2D eigenvalue weighted by molar-refractivity contribution is 6.45. The SMILES string of the molecule is CON=C(C)c1ncc(F)c2c(C(=O)C(=O)N3CCN(c4nnnn4-c4ccccc4)CC3)c[nH]c12. The zero-order valence-electron chi connectivity index (χ0n) is 19.6. The molecule has 1 N–H and O–H groups in total. The van der Waals surface area contributed by atoms with Crippen LogP contribution in [0.2, 0.25) is 0 Å². The maximum Gasteiger partial charge on any atom is 0.295 e. The van der Waals surface area contributed by atoms with Gasteiger partial charge in [-0.2, -0.15) is 4.68 Å². The summed E-state index contributed by atoms with van der Waals surface area (Å²) in [6.45, 7) is 3.06. The van der Waals surface area contributed by atoms with E-state index in [9.17, 15) is 14.0 Å². The van der Waals surface area contributed by atoms with Gasteiger partial charge < -0.3 is 19.6 Å². The van der Waals surface area contributed by atoms with Crippen LogP contribution >= 0.6 is 0 Å². The summed E-state index contributed by atoms with van der Waals surface area (Å²) in [7, 11) is 1.38. The third kappa shape index (κ3) is 4.04. The van der Waals surface area contributed by atoms with Crippen molar-refractivity contribution in [3.63, 3.8) is 0 Å². The maximum absolute atomic E-state index is 14.7. The van der Waals surface area contributed by atoms with Crippen molar-refractivity contribution in [2.24, 2.45) is 5.16 Å². The minimum absolute atomic E-state index is 0.00956. The number of halogens is 1. The number of anilines is 1. The number of ketones is 1. The van der Waals surface area contributed by atoms with Gasteiger partial charge in [-0.15, -0.1) is 0 Å². The lowest BCUT2D eigenvalue weighted by atomic mass is 10.1. The van der Waals surface area contributed by atoms with Crippen molar-refractivity contribution in [3.05, 3.63) is 59.8 Å². The number of rotatable bonds is 6. The third-order valence-electron chi connectivity index (χ3n) is 5.98. The van der Waals surface area contributed by atoms with Crippen LogP contribution in [-0.4, -0.2) is 85.8 Å². The lowest BCUT2D eigenvalue weighted by molar-refractivity contribution is -0.126. The number of Topliss-reactive ketones (excluding diaryl/α,β-unsaturated/α-hetero) is 1. The first-order chi connectivity index (χ1) is 17.5. The first kappa shape index (κ1) is 23.1. The Morgan fingerprint density at radius 3 is 2.61 bits per heavy atom. The van der Waals surface area contributed by atoms with Crippen molar-refractivity contribution in [2.75, 3.05) is 38.2 Å². The molecule has 0 bridgehead atoms. The van der Waals surface area contributed by atoms with Crippen molar-refractivity contribution >= 4 is 34.3 Å². The summed E-state index contributed by atoms with van der Waals surface area (Å²) in [5, 5.41) is 15.8. The number of oxime groups is 1. The summed E-state index contributed by atoms with van der Waals surface area (Å²) in [5.41, 5.74) is 1.74. The predicted molar refractivity (Wildman–Crippen MR) is 128 cm³/mol. The number of aromatic nitrogens is 6.